The van der Waals surface area contributed by atoms with Gasteiger partial charge in [-0.25, -0.2) is 0 Å². The molecule has 5 nitrogen and oxygen atoms in total. The molecule has 0 saturated carbocycles. The number of carbonyl (C=O) groups excluding carboxylic acids is 2. The Balaban J connectivity index is 1.51. The van der Waals surface area contributed by atoms with Crippen LogP contribution in [-0.4, -0.2) is 43.1 Å². The molecule has 0 bridgehead atoms. The molecule has 4 rings (SSSR count). The normalized spacial score (nSPS) is 13.7. The second kappa shape index (κ2) is 10.2. The van der Waals surface area contributed by atoms with E-state index >= 15 is 0 Å². The SMILES string of the molecule is O=C1C=CC(=O)N1CCOCCOC(c1ccccc1)(c1ccccc1)c1ccccc1. The predicted molar refractivity (Wildman–Crippen MR) is 122 cm³/mol. The summed E-state index contributed by atoms with van der Waals surface area (Å²) in [7, 11) is 0. The number of amides is 2. The molecule has 2 amide bonds. The summed E-state index contributed by atoms with van der Waals surface area (Å²) in [5.41, 5.74) is 2.28. The first kappa shape index (κ1) is 21.7. The van der Waals surface area contributed by atoms with Gasteiger partial charge in [0.25, 0.3) is 11.8 Å². The van der Waals surface area contributed by atoms with Crippen molar-refractivity contribution in [1.29, 1.82) is 0 Å². The maximum atomic E-state index is 11.6. The van der Waals surface area contributed by atoms with Crippen molar-refractivity contribution in [2.45, 2.75) is 5.60 Å². The Morgan fingerprint density at radius 1 is 0.594 bits per heavy atom. The summed E-state index contributed by atoms with van der Waals surface area (Å²) in [6.07, 6.45) is 2.55. The number of ether oxygens (including phenoxy) is 2. The van der Waals surface area contributed by atoms with Gasteiger partial charge in [-0.1, -0.05) is 91.0 Å². The van der Waals surface area contributed by atoms with Crippen molar-refractivity contribution in [3.8, 4) is 0 Å². The van der Waals surface area contributed by atoms with Crippen molar-refractivity contribution in [2.24, 2.45) is 0 Å². The van der Waals surface area contributed by atoms with E-state index in [9.17, 15) is 9.59 Å². The lowest BCUT2D eigenvalue weighted by molar-refractivity contribution is -0.137. The zero-order valence-electron chi connectivity index (χ0n) is 17.7. The Morgan fingerprint density at radius 3 is 1.47 bits per heavy atom. The lowest BCUT2D eigenvalue weighted by Crippen LogP contribution is -2.35. The Labute approximate surface area is 187 Å². The average molecular weight is 428 g/mol. The van der Waals surface area contributed by atoms with Crippen molar-refractivity contribution in [3.05, 3.63) is 120 Å². The topological polar surface area (TPSA) is 55.8 Å². The molecular weight excluding hydrogens is 402 g/mol. The molecular formula is C27H25NO4. The van der Waals surface area contributed by atoms with E-state index in [1.165, 1.54) is 17.1 Å². The Kier molecular flexibility index (Phi) is 6.90. The van der Waals surface area contributed by atoms with Gasteiger partial charge < -0.3 is 9.47 Å². The maximum Gasteiger partial charge on any atom is 0.253 e. The summed E-state index contributed by atoms with van der Waals surface area (Å²) in [6, 6.07) is 30.4. The molecule has 0 aliphatic carbocycles. The second-order valence-corrected chi connectivity index (χ2v) is 7.40. The highest BCUT2D eigenvalue weighted by Crippen LogP contribution is 2.40. The van der Waals surface area contributed by atoms with Crippen LogP contribution in [0, 0.1) is 0 Å². The first-order chi connectivity index (χ1) is 15.7. The molecule has 0 aromatic heterocycles. The van der Waals surface area contributed by atoms with Gasteiger partial charge in [0.05, 0.1) is 26.4 Å². The fourth-order valence-corrected chi connectivity index (χ4v) is 3.93. The first-order valence-corrected chi connectivity index (χ1v) is 10.6. The minimum Gasteiger partial charge on any atom is -0.377 e. The largest absolute Gasteiger partial charge is 0.377 e. The molecule has 0 radical (unpaired) electrons. The molecule has 1 heterocycles. The third-order valence-corrected chi connectivity index (χ3v) is 5.45. The van der Waals surface area contributed by atoms with Crippen LogP contribution in [-0.2, 0) is 24.7 Å². The molecule has 0 unspecified atom stereocenters. The van der Waals surface area contributed by atoms with E-state index in [0.29, 0.717) is 13.2 Å². The maximum absolute atomic E-state index is 11.6. The summed E-state index contributed by atoms with van der Waals surface area (Å²) < 4.78 is 12.3. The van der Waals surface area contributed by atoms with Crippen molar-refractivity contribution in [1.82, 2.24) is 4.90 Å². The van der Waals surface area contributed by atoms with Gasteiger partial charge in [-0.15, -0.1) is 0 Å². The van der Waals surface area contributed by atoms with Crippen LogP contribution in [0.15, 0.2) is 103 Å². The van der Waals surface area contributed by atoms with Crippen LogP contribution in [0.2, 0.25) is 0 Å². The molecule has 1 aliphatic rings. The molecule has 5 heteroatoms. The third-order valence-electron chi connectivity index (χ3n) is 5.45. The van der Waals surface area contributed by atoms with Crippen LogP contribution in [0.5, 0.6) is 0 Å². The van der Waals surface area contributed by atoms with Gasteiger partial charge in [-0.05, 0) is 16.7 Å². The van der Waals surface area contributed by atoms with Crippen LogP contribution in [0.25, 0.3) is 0 Å². The smallest absolute Gasteiger partial charge is 0.253 e. The molecule has 0 spiro atoms. The van der Waals surface area contributed by atoms with Gasteiger partial charge in [0.1, 0.15) is 5.60 Å². The van der Waals surface area contributed by atoms with E-state index in [0.717, 1.165) is 16.7 Å². The highest BCUT2D eigenvalue weighted by molar-refractivity contribution is 6.12. The fourth-order valence-electron chi connectivity index (χ4n) is 3.93. The van der Waals surface area contributed by atoms with Crippen molar-refractivity contribution >= 4 is 11.8 Å². The number of carbonyl (C=O) groups is 2. The Morgan fingerprint density at radius 2 is 1.03 bits per heavy atom. The summed E-state index contributed by atoms with van der Waals surface area (Å²) in [6.45, 7) is 1.15. The first-order valence-electron chi connectivity index (χ1n) is 10.6. The zero-order chi connectivity index (χ0) is 22.2. The number of nitrogens with zero attached hydrogens (tertiary/aromatic N) is 1. The van der Waals surface area contributed by atoms with Crippen LogP contribution < -0.4 is 0 Å². The molecule has 0 N–H and O–H groups in total. The quantitative estimate of drug-likeness (QED) is 0.279. The van der Waals surface area contributed by atoms with Gasteiger partial charge in [0.15, 0.2) is 0 Å². The summed E-state index contributed by atoms with van der Waals surface area (Å²) in [5.74, 6) is -0.600. The van der Waals surface area contributed by atoms with Crippen LogP contribution in [0.3, 0.4) is 0 Å². The van der Waals surface area contributed by atoms with E-state index in [1.54, 1.807) is 0 Å². The highest BCUT2D eigenvalue weighted by atomic mass is 16.5. The van der Waals surface area contributed by atoms with Crippen LogP contribution in [0.1, 0.15) is 16.7 Å². The second-order valence-electron chi connectivity index (χ2n) is 7.40. The lowest BCUT2D eigenvalue weighted by atomic mass is 9.80. The van der Waals surface area contributed by atoms with Gasteiger partial charge in [0, 0.05) is 12.2 Å². The summed E-state index contributed by atoms with van der Waals surface area (Å²) in [5, 5.41) is 0. The van der Waals surface area contributed by atoms with Crippen molar-refractivity contribution in [2.75, 3.05) is 26.4 Å². The van der Waals surface area contributed by atoms with E-state index < -0.39 is 5.60 Å². The highest BCUT2D eigenvalue weighted by Gasteiger charge is 2.37. The molecule has 0 saturated heterocycles. The van der Waals surface area contributed by atoms with Crippen LogP contribution in [0.4, 0.5) is 0 Å². The number of imide groups is 1. The summed E-state index contributed by atoms with van der Waals surface area (Å²) >= 11 is 0. The van der Waals surface area contributed by atoms with Crippen molar-refractivity contribution < 1.29 is 19.1 Å². The van der Waals surface area contributed by atoms with E-state index in [4.69, 9.17) is 9.47 Å². The summed E-state index contributed by atoms with van der Waals surface area (Å²) in [4.78, 5) is 24.5. The lowest BCUT2D eigenvalue weighted by Gasteiger charge is -2.36. The van der Waals surface area contributed by atoms with Crippen molar-refractivity contribution in [3.63, 3.8) is 0 Å². The fraction of sp³-hybridized carbons (Fsp3) is 0.185. The minimum atomic E-state index is -0.794. The number of hydrogen-bond donors (Lipinski definition) is 0. The number of benzene rings is 3. The molecule has 3 aromatic carbocycles. The van der Waals surface area contributed by atoms with E-state index in [-0.39, 0.29) is 25.0 Å². The number of rotatable bonds is 10. The monoisotopic (exact) mass is 427 g/mol. The molecule has 162 valence electrons. The molecule has 0 fully saturated rings. The molecule has 32 heavy (non-hydrogen) atoms. The van der Waals surface area contributed by atoms with E-state index in [2.05, 4.69) is 36.4 Å². The minimum absolute atomic E-state index is 0.228. The molecule has 1 aliphatic heterocycles. The molecule has 3 aromatic rings. The number of hydrogen-bond acceptors (Lipinski definition) is 4. The average Bonchev–Trinajstić information content (AvgIpc) is 3.17. The predicted octanol–water partition coefficient (Wildman–Crippen LogP) is 3.94. The van der Waals surface area contributed by atoms with Gasteiger partial charge >= 0.3 is 0 Å². The standard InChI is InChI=1S/C27H25NO4/c29-25-16-17-26(30)28(25)18-19-31-20-21-32-27(22-10-4-1-5-11-22,23-12-6-2-7-13-23)24-14-8-3-9-15-24/h1-17H,18-21H2. The zero-order valence-corrected chi connectivity index (χ0v) is 17.7. The van der Waals surface area contributed by atoms with Gasteiger partial charge in [0.2, 0.25) is 0 Å². The Bertz CT molecular complexity index is 950. The Hall–Kier alpha value is -3.54. The third kappa shape index (κ3) is 4.54. The van der Waals surface area contributed by atoms with Gasteiger partial charge in [-0.3, -0.25) is 14.5 Å². The van der Waals surface area contributed by atoms with Gasteiger partial charge in [-0.2, -0.15) is 0 Å². The van der Waals surface area contributed by atoms with E-state index in [1.807, 2.05) is 54.6 Å². The van der Waals surface area contributed by atoms with Crippen LogP contribution >= 0.6 is 0 Å². The molecule has 0 atom stereocenters.